The summed E-state index contributed by atoms with van der Waals surface area (Å²) in [6.07, 6.45) is 0.584. The maximum Gasteiger partial charge on any atom is 0.128 e. The number of pyridine rings is 4. The molecule has 4 heterocycles. The molecule has 2 unspecified atom stereocenters. The second-order valence-corrected chi connectivity index (χ2v) is 9.33. The Morgan fingerprint density at radius 2 is 1.16 bits per heavy atom. The van der Waals surface area contributed by atoms with Gasteiger partial charge in [-0.15, -0.1) is 0 Å². The van der Waals surface area contributed by atoms with E-state index in [1.807, 2.05) is 93.6 Å². The summed E-state index contributed by atoms with van der Waals surface area (Å²) in [5.41, 5.74) is 5.94. The van der Waals surface area contributed by atoms with Crippen LogP contribution in [0, 0.1) is 13.8 Å². The van der Waals surface area contributed by atoms with Gasteiger partial charge in [-0.05, 0) is 62.4 Å². The first-order valence-corrected chi connectivity index (χ1v) is 11.4. The van der Waals surface area contributed by atoms with Crippen LogP contribution >= 0.6 is 0 Å². The quantitative estimate of drug-likeness (QED) is 0.434. The van der Waals surface area contributed by atoms with Gasteiger partial charge in [0.25, 0.3) is 0 Å². The Kier molecular flexibility index (Phi) is 6.28. The fourth-order valence-corrected chi connectivity index (χ4v) is 4.49. The smallest absolute Gasteiger partial charge is 0.128 e. The molecule has 0 amide bonds. The van der Waals surface area contributed by atoms with Crippen LogP contribution in [0.4, 0.5) is 0 Å². The Labute approximate surface area is 185 Å². The number of nitrogens with zero attached hydrogens (tertiary/aromatic N) is 4. The third-order valence-electron chi connectivity index (χ3n) is 4.90. The monoisotopic (exact) mass is 428 g/mol. The molecule has 0 bridgehead atoms. The predicted octanol–water partition coefficient (Wildman–Crippen LogP) is 4.96. The van der Waals surface area contributed by atoms with Gasteiger partial charge in [0.15, 0.2) is 0 Å². The second-order valence-electron chi connectivity index (χ2n) is 7.52. The zero-order valence-electron chi connectivity index (χ0n) is 17.8. The van der Waals surface area contributed by atoms with Crippen molar-refractivity contribution >= 4 is 10.8 Å². The lowest BCUT2D eigenvalue weighted by molar-refractivity contribution is 0.668. The maximum atomic E-state index is 13.2. The van der Waals surface area contributed by atoms with Crippen molar-refractivity contribution in [3.8, 4) is 22.8 Å². The van der Waals surface area contributed by atoms with E-state index in [-0.39, 0.29) is 5.25 Å². The maximum absolute atomic E-state index is 13.2. The molecular formula is C25H24N4OS. The van der Waals surface area contributed by atoms with Crippen molar-refractivity contribution in [1.82, 2.24) is 19.9 Å². The minimum atomic E-state index is -1.27. The molecular weight excluding hydrogens is 404 g/mol. The Bertz CT molecular complexity index is 1240. The molecule has 31 heavy (non-hydrogen) atoms. The molecule has 0 saturated carbocycles. The van der Waals surface area contributed by atoms with Gasteiger partial charge >= 0.3 is 0 Å². The number of rotatable bonds is 6. The molecule has 0 spiro atoms. The molecule has 4 aromatic rings. The van der Waals surface area contributed by atoms with Crippen LogP contribution < -0.4 is 0 Å². The van der Waals surface area contributed by atoms with Crippen LogP contribution in [-0.4, -0.2) is 29.4 Å². The van der Waals surface area contributed by atoms with Gasteiger partial charge in [0, 0.05) is 28.8 Å². The van der Waals surface area contributed by atoms with Gasteiger partial charge in [-0.1, -0.05) is 31.2 Å². The van der Waals surface area contributed by atoms with Gasteiger partial charge in [0.2, 0.25) is 0 Å². The van der Waals surface area contributed by atoms with E-state index >= 15 is 0 Å². The van der Waals surface area contributed by atoms with E-state index in [1.54, 1.807) is 0 Å². The fourth-order valence-electron chi connectivity index (χ4n) is 3.35. The van der Waals surface area contributed by atoms with Crippen LogP contribution in [0.3, 0.4) is 0 Å². The van der Waals surface area contributed by atoms with Crippen LogP contribution in [0.15, 0.2) is 77.8 Å². The number of hydrogen-bond donors (Lipinski definition) is 0. The van der Waals surface area contributed by atoms with Crippen LogP contribution in [0.25, 0.3) is 22.8 Å². The zero-order chi connectivity index (χ0) is 21.8. The molecule has 4 aromatic heterocycles. The number of aryl methyl sites for hydroxylation is 2. The molecule has 0 aliphatic carbocycles. The highest BCUT2D eigenvalue weighted by Crippen LogP contribution is 2.20. The zero-order valence-corrected chi connectivity index (χ0v) is 18.6. The van der Waals surface area contributed by atoms with Crippen molar-refractivity contribution in [1.29, 1.82) is 0 Å². The van der Waals surface area contributed by atoms with Crippen molar-refractivity contribution in [2.24, 2.45) is 0 Å². The minimum absolute atomic E-state index is 0.138. The molecule has 0 aliphatic rings. The molecule has 0 aliphatic heterocycles. The fraction of sp³-hybridized carbons (Fsp3) is 0.200. The van der Waals surface area contributed by atoms with E-state index in [4.69, 9.17) is 4.98 Å². The van der Waals surface area contributed by atoms with Crippen LogP contribution in [-0.2, 0) is 17.2 Å². The van der Waals surface area contributed by atoms with Crippen LogP contribution in [0.5, 0.6) is 0 Å². The lowest BCUT2D eigenvalue weighted by atomic mass is 10.2. The van der Waals surface area contributed by atoms with E-state index in [2.05, 4.69) is 15.0 Å². The standard InChI is InChI=1S/C25H24N4OS/c1-17-8-4-11-21(26-17)23-13-6-10-20(28-23)16-19(3)31(30)25-15-7-14-24(29-25)22-12-5-9-18(2)27-22/h4-15,19H,16H2,1-3H3. The molecule has 0 fully saturated rings. The van der Waals surface area contributed by atoms with Gasteiger partial charge in [-0.25, -0.2) is 4.98 Å². The van der Waals surface area contributed by atoms with Crippen molar-refractivity contribution in [3.63, 3.8) is 0 Å². The minimum Gasteiger partial charge on any atom is -0.252 e. The molecule has 6 heteroatoms. The third-order valence-corrected chi connectivity index (χ3v) is 6.44. The lowest BCUT2D eigenvalue weighted by Crippen LogP contribution is -2.16. The highest BCUT2D eigenvalue weighted by atomic mass is 32.2. The van der Waals surface area contributed by atoms with Crippen molar-refractivity contribution in [3.05, 3.63) is 89.9 Å². The lowest BCUT2D eigenvalue weighted by Gasteiger charge is -2.12. The molecule has 156 valence electrons. The molecule has 2 atom stereocenters. The summed E-state index contributed by atoms with van der Waals surface area (Å²) in [4.78, 5) is 18.5. The molecule has 0 saturated heterocycles. The molecule has 4 rings (SSSR count). The first kappa shape index (κ1) is 21.0. The van der Waals surface area contributed by atoms with E-state index in [0.717, 1.165) is 39.9 Å². The van der Waals surface area contributed by atoms with Gasteiger partial charge in [0.1, 0.15) is 5.03 Å². The summed E-state index contributed by atoms with van der Waals surface area (Å²) in [7, 11) is -1.27. The largest absolute Gasteiger partial charge is 0.252 e. The van der Waals surface area contributed by atoms with Crippen LogP contribution in [0.2, 0.25) is 0 Å². The molecule has 0 aromatic carbocycles. The summed E-state index contributed by atoms with van der Waals surface area (Å²) in [5.74, 6) is 0. The van der Waals surface area contributed by atoms with E-state index in [9.17, 15) is 4.21 Å². The SMILES string of the molecule is Cc1cccc(-c2cccc(CC(C)S(=O)c3cccc(-c4cccc(C)n4)n3)n2)n1. The summed E-state index contributed by atoms with van der Waals surface area (Å²) in [5, 5.41) is 0.422. The topological polar surface area (TPSA) is 68.6 Å². The number of aromatic nitrogens is 4. The highest BCUT2D eigenvalue weighted by molar-refractivity contribution is 7.85. The molecule has 0 N–H and O–H groups in total. The van der Waals surface area contributed by atoms with E-state index < -0.39 is 10.8 Å². The first-order valence-electron chi connectivity index (χ1n) is 10.2. The summed E-state index contributed by atoms with van der Waals surface area (Å²) in [6, 6.07) is 23.2. The highest BCUT2D eigenvalue weighted by Gasteiger charge is 2.17. The normalized spacial score (nSPS) is 13.0. The van der Waals surface area contributed by atoms with Crippen LogP contribution in [0.1, 0.15) is 24.0 Å². The summed E-state index contributed by atoms with van der Waals surface area (Å²) >= 11 is 0. The van der Waals surface area contributed by atoms with Gasteiger partial charge in [0.05, 0.1) is 33.6 Å². The predicted molar refractivity (Wildman–Crippen MR) is 124 cm³/mol. The Morgan fingerprint density at radius 1 is 0.677 bits per heavy atom. The molecule has 0 radical (unpaired) electrons. The van der Waals surface area contributed by atoms with Gasteiger partial charge in [-0.2, -0.15) is 0 Å². The van der Waals surface area contributed by atoms with E-state index in [0.29, 0.717) is 11.4 Å². The summed E-state index contributed by atoms with van der Waals surface area (Å²) in [6.45, 7) is 5.88. The van der Waals surface area contributed by atoms with Crippen molar-refractivity contribution in [2.75, 3.05) is 0 Å². The average molecular weight is 429 g/mol. The average Bonchev–Trinajstić information content (AvgIpc) is 2.79. The third kappa shape index (κ3) is 5.09. The van der Waals surface area contributed by atoms with Gasteiger partial charge in [-0.3, -0.25) is 19.2 Å². The second kappa shape index (κ2) is 9.27. The van der Waals surface area contributed by atoms with Crippen molar-refractivity contribution < 1.29 is 4.21 Å². The Balaban J connectivity index is 1.53. The first-order chi connectivity index (χ1) is 15.0. The summed E-state index contributed by atoms with van der Waals surface area (Å²) < 4.78 is 13.2. The van der Waals surface area contributed by atoms with E-state index in [1.165, 1.54) is 0 Å². The Morgan fingerprint density at radius 3 is 1.74 bits per heavy atom. The Hall–Kier alpha value is -3.25. The van der Waals surface area contributed by atoms with Crippen molar-refractivity contribution in [2.45, 2.75) is 37.5 Å². The van der Waals surface area contributed by atoms with Gasteiger partial charge < -0.3 is 0 Å². The molecule has 5 nitrogen and oxygen atoms in total. The number of hydrogen-bond acceptors (Lipinski definition) is 5.